The van der Waals surface area contributed by atoms with E-state index in [1.165, 1.54) is 6.92 Å². The van der Waals surface area contributed by atoms with Gasteiger partial charge in [-0.3, -0.25) is 0 Å². The summed E-state index contributed by atoms with van der Waals surface area (Å²) < 4.78 is 39.5. The van der Waals surface area contributed by atoms with Crippen molar-refractivity contribution in [2.24, 2.45) is 0 Å². The molecule has 1 atom stereocenters. The molecule has 0 aromatic rings. The SMILES string of the molecule is CCC(F)C(F)(F)OC. The van der Waals surface area contributed by atoms with Crippen molar-refractivity contribution >= 4 is 0 Å². The predicted octanol–water partition coefficient (Wildman–Crippen LogP) is 1.97. The highest BCUT2D eigenvalue weighted by Crippen LogP contribution is 2.23. The van der Waals surface area contributed by atoms with Crippen LogP contribution in [-0.2, 0) is 4.74 Å². The lowest BCUT2D eigenvalue weighted by atomic mass is 10.3. The molecule has 0 spiro atoms. The molecule has 0 fully saturated rings. The van der Waals surface area contributed by atoms with Crippen molar-refractivity contribution in [1.29, 1.82) is 0 Å². The molecule has 0 amide bonds. The zero-order valence-corrected chi connectivity index (χ0v) is 5.33. The Balaban J connectivity index is 3.80. The normalized spacial score (nSPS) is 15.7. The number of hydrogen-bond donors (Lipinski definition) is 0. The fourth-order valence-electron chi connectivity index (χ4n) is 0.366. The lowest BCUT2D eigenvalue weighted by Crippen LogP contribution is -2.31. The van der Waals surface area contributed by atoms with E-state index in [0.29, 0.717) is 0 Å². The van der Waals surface area contributed by atoms with E-state index in [1.807, 2.05) is 0 Å². The van der Waals surface area contributed by atoms with Gasteiger partial charge in [0.25, 0.3) is 0 Å². The topological polar surface area (TPSA) is 9.23 Å². The summed E-state index contributed by atoms with van der Waals surface area (Å²) in [6.07, 6.45) is -6.04. The monoisotopic (exact) mass is 142 g/mol. The van der Waals surface area contributed by atoms with Crippen LogP contribution in [0.2, 0.25) is 0 Å². The van der Waals surface area contributed by atoms with Gasteiger partial charge in [0.2, 0.25) is 0 Å². The molecule has 0 aliphatic heterocycles. The first kappa shape index (κ1) is 8.75. The summed E-state index contributed by atoms with van der Waals surface area (Å²) >= 11 is 0. The average molecular weight is 142 g/mol. The molecule has 0 N–H and O–H groups in total. The van der Waals surface area contributed by atoms with Crippen molar-refractivity contribution in [3.63, 3.8) is 0 Å². The van der Waals surface area contributed by atoms with Gasteiger partial charge < -0.3 is 4.74 Å². The molecule has 0 rings (SSSR count). The number of halogens is 3. The minimum atomic E-state index is -3.62. The third kappa shape index (κ3) is 2.22. The Morgan fingerprint density at radius 1 is 1.56 bits per heavy atom. The molecule has 1 nitrogen and oxygen atoms in total. The van der Waals surface area contributed by atoms with Crippen LogP contribution in [0.4, 0.5) is 13.2 Å². The van der Waals surface area contributed by atoms with E-state index in [2.05, 4.69) is 4.74 Å². The zero-order valence-electron chi connectivity index (χ0n) is 5.33. The molecule has 1 unspecified atom stereocenters. The summed E-state index contributed by atoms with van der Waals surface area (Å²) in [5.74, 6) is 0. The van der Waals surface area contributed by atoms with Crippen LogP contribution < -0.4 is 0 Å². The summed E-state index contributed by atoms with van der Waals surface area (Å²) in [4.78, 5) is 0. The number of alkyl halides is 3. The Morgan fingerprint density at radius 2 is 2.00 bits per heavy atom. The Hall–Kier alpha value is -0.250. The first-order valence-electron chi connectivity index (χ1n) is 2.61. The van der Waals surface area contributed by atoms with E-state index in [9.17, 15) is 13.2 Å². The quantitative estimate of drug-likeness (QED) is 0.585. The van der Waals surface area contributed by atoms with Gasteiger partial charge in [-0.2, -0.15) is 8.78 Å². The summed E-state index contributed by atoms with van der Waals surface area (Å²) in [5, 5.41) is 0. The molecule has 0 radical (unpaired) electrons. The third-order valence-electron chi connectivity index (χ3n) is 0.995. The lowest BCUT2D eigenvalue weighted by Gasteiger charge is -2.16. The van der Waals surface area contributed by atoms with Crippen LogP contribution in [0.15, 0.2) is 0 Å². The van der Waals surface area contributed by atoms with E-state index in [-0.39, 0.29) is 6.42 Å². The molecule has 9 heavy (non-hydrogen) atoms. The number of hydrogen-bond acceptors (Lipinski definition) is 1. The highest BCUT2D eigenvalue weighted by Gasteiger charge is 2.38. The molecular weight excluding hydrogens is 133 g/mol. The molecule has 0 bridgehead atoms. The first-order chi connectivity index (χ1) is 4.04. The van der Waals surface area contributed by atoms with E-state index in [1.54, 1.807) is 0 Å². The van der Waals surface area contributed by atoms with Gasteiger partial charge in [-0.05, 0) is 6.42 Å². The summed E-state index contributed by atoms with van der Waals surface area (Å²) in [7, 11) is 0.780. The van der Waals surface area contributed by atoms with Crippen LogP contribution in [0.1, 0.15) is 13.3 Å². The fraction of sp³-hybridized carbons (Fsp3) is 1.00. The maximum atomic E-state index is 12.0. The average Bonchev–Trinajstić information content (AvgIpc) is 1.86. The smallest absolute Gasteiger partial charge is 0.322 e. The van der Waals surface area contributed by atoms with E-state index in [4.69, 9.17) is 0 Å². The van der Waals surface area contributed by atoms with Gasteiger partial charge in [-0.1, -0.05) is 6.92 Å². The second-order valence-electron chi connectivity index (χ2n) is 1.64. The fourth-order valence-corrected chi connectivity index (χ4v) is 0.366. The molecule has 0 heterocycles. The van der Waals surface area contributed by atoms with Crippen molar-refractivity contribution in [2.75, 3.05) is 7.11 Å². The van der Waals surface area contributed by atoms with E-state index < -0.39 is 12.3 Å². The molecule has 0 saturated heterocycles. The summed E-state index contributed by atoms with van der Waals surface area (Å²) in [5.41, 5.74) is 0. The van der Waals surface area contributed by atoms with Gasteiger partial charge >= 0.3 is 6.11 Å². The standard InChI is InChI=1S/C5H9F3O/c1-3-4(6)5(7,8)9-2/h4H,3H2,1-2H3. The van der Waals surface area contributed by atoms with Gasteiger partial charge in [0.15, 0.2) is 6.17 Å². The minimum absolute atomic E-state index is 0.235. The van der Waals surface area contributed by atoms with Crippen molar-refractivity contribution in [2.45, 2.75) is 25.6 Å². The highest BCUT2D eigenvalue weighted by molar-refractivity contribution is 4.63. The molecular formula is C5H9F3O. The van der Waals surface area contributed by atoms with Gasteiger partial charge in [0.1, 0.15) is 0 Å². The Morgan fingerprint density at radius 3 is 2.11 bits per heavy atom. The zero-order chi connectivity index (χ0) is 7.49. The van der Waals surface area contributed by atoms with E-state index >= 15 is 0 Å². The second-order valence-corrected chi connectivity index (χ2v) is 1.64. The van der Waals surface area contributed by atoms with E-state index in [0.717, 1.165) is 7.11 Å². The maximum Gasteiger partial charge on any atom is 0.386 e. The number of methoxy groups -OCH3 is 1. The number of ether oxygens (including phenoxy) is 1. The summed E-state index contributed by atoms with van der Waals surface area (Å²) in [6.45, 7) is 1.33. The molecule has 0 aromatic carbocycles. The van der Waals surface area contributed by atoms with Crippen LogP contribution in [-0.4, -0.2) is 19.4 Å². The van der Waals surface area contributed by atoms with Crippen LogP contribution in [0, 0.1) is 0 Å². The summed E-state index contributed by atoms with van der Waals surface area (Å²) in [6, 6.07) is 0. The Labute approximate surface area is 51.8 Å². The highest BCUT2D eigenvalue weighted by atomic mass is 19.3. The molecule has 56 valence electrons. The molecule has 0 saturated carbocycles. The van der Waals surface area contributed by atoms with Crippen LogP contribution >= 0.6 is 0 Å². The van der Waals surface area contributed by atoms with Gasteiger partial charge in [-0.15, -0.1) is 0 Å². The van der Waals surface area contributed by atoms with Crippen LogP contribution in [0.25, 0.3) is 0 Å². The van der Waals surface area contributed by atoms with Crippen molar-refractivity contribution in [1.82, 2.24) is 0 Å². The second kappa shape index (κ2) is 3.06. The predicted molar refractivity (Wildman–Crippen MR) is 27.1 cm³/mol. The Bertz CT molecular complexity index is 84.3. The third-order valence-corrected chi connectivity index (χ3v) is 0.995. The molecule has 4 heteroatoms. The molecule has 0 aliphatic carbocycles. The first-order valence-corrected chi connectivity index (χ1v) is 2.61. The van der Waals surface area contributed by atoms with Crippen molar-refractivity contribution < 1.29 is 17.9 Å². The lowest BCUT2D eigenvalue weighted by molar-refractivity contribution is -0.259. The Kier molecular flexibility index (Phi) is 2.97. The largest absolute Gasteiger partial charge is 0.386 e. The van der Waals surface area contributed by atoms with Gasteiger partial charge in [-0.25, -0.2) is 4.39 Å². The van der Waals surface area contributed by atoms with Gasteiger partial charge in [0, 0.05) is 7.11 Å². The number of rotatable bonds is 3. The molecule has 0 aromatic heterocycles. The van der Waals surface area contributed by atoms with Crippen LogP contribution in [0.5, 0.6) is 0 Å². The van der Waals surface area contributed by atoms with Crippen molar-refractivity contribution in [3.05, 3.63) is 0 Å². The van der Waals surface area contributed by atoms with Crippen LogP contribution in [0.3, 0.4) is 0 Å². The maximum absolute atomic E-state index is 12.0. The minimum Gasteiger partial charge on any atom is -0.322 e. The van der Waals surface area contributed by atoms with Gasteiger partial charge in [0.05, 0.1) is 0 Å². The van der Waals surface area contributed by atoms with Crippen molar-refractivity contribution in [3.8, 4) is 0 Å². The molecule has 0 aliphatic rings.